The SMILES string of the molecule is CN(CCF)c1ccc(C(N)=S)cc1. The molecule has 0 unspecified atom stereocenters. The molecule has 0 saturated carbocycles. The van der Waals surface area contributed by atoms with Crippen LogP contribution in [0.15, 0.2) is 24.3 Å². The normalized spacial score (nSPS) is 9.86. The molecule has 14 heavy (non-hydrogen) atoms. The number of nitrogens with two attached hydrogens (primary N) is 1. The first-order chi connectivity index (χ1) is 6.65. The van der Waals surface area contributed by atoms with Gasteiger partial charge in [0, 0.05) is 24.8 Å². The van der Waals surface area contributed by atoms with Gasteiger partial charge in [-0.2, -0.15) is 0 Å². The molecule has 0 aliphatic carbocycles. The van der Waals surface area contributed by atoms with Crippen molar-refractivity contribution in [1.29, 1.82) is 0 Å². The number of rotatable bonds is 4. The first kappa shape index (κ1) is 10.9. The Morgan fingerprint density at radius 1 is 1.43 bits per heavy atom. The highest BCUT2D eigenvalue weighted by Crippen LogP contribution is 2.13. The summed E-state index contributed by atoms with van der Waals surface area (Å²) in [5.74, 6) is 0. The van der Waals surface area contributed by atoms with E-state index in [0.29, 0.717) is 11.5 Å². The van der Waals surface area contributed by atoms with Crippen LogP contribution in [0.2, 0.25) is 0 Å². The molecule has 0 atom stereocenters. The third-order valence-electron chi connectivity index (χ3n) is 2.01. The lowest BCUT2D eigenvalue weighted by atomic mass is 10.2. The van der Waals surface area contributed by atoms with Gasteiger partial charge in [-0.3, -0.25) is 0 Å². The molecule has 0 aliphatic rings. The third kappa shape index (κ3) is 2.67. The number of hydrogen-bond acceptors (Lipinski definition) is 2. The largest absolute Gasteiger partial charge is 0.389 e. The van der Waals surface area contributed by atoms with Gasteiger partial charge in [0.15, 0.2) is 0 Å². The molecule has 4 heteroatoms. The summed E-state index contributed by atoms with van der Waals surface area (Å²) in [6.07, 6.45) is 0. The van der Waals surface area contributed by atoms with E-state index in [-0.39, 0.29) is 6.67 Å². The predicted octanol–water partition coefficient (Wildman–Crippen LogP) is 1.73. The van der Waals surface area contributed by atoms with Gasteiger partial charge in [-0.05, 0) is 24.3 Å². The molecule has 1 aromatic rings. The van der Waals surface area contributed by atoms with Gasteiger partial charge in [0.2, 0.25) is 0 Å². The van der Waals surface area contributed by atoms with Crippen LogP contribution in [0.1, 0.15) is 5.56 Å². The molecule has 0 fully saturated rings. The van der Waals surface area contributed by atoms with Crippen molar-refractivity contribution in [3.63, 3.8) is 0 Å². The molecule has 76 valence electrons. The van der Waals surface area contributed by atoms with Gasteiger partial charge in [0.05, 0.1) is 0 Å². The minimum Gasteiger partial charge on any atom is -0.389 e. The van der Waals surface area contributed by atoms with Gasteiger partial charge in [-0.15, -0.1) is 0 Å². The Kier molecular flexibility index (Phi) is 3.83. The number of alkyl halides is 1. The first-order valence-electron chi connectivity index (χ1n) is 4.32. The van der Waals surface area contributed by atoms with Gasteiger partial charge in [-0.1, -0.05) is 12.2 Å². The average molecular weight is 212 g/mol. The summed E-state index contributed by atoms with van der Waals surface area (Å²) in [5.41, 5.74) is 7.25. The Morgan fingerprint density at radius 3 is 2.43 bits per heavy atom. The molecule has 0 radical (unpaired) electrons. The first-order valence-corrected chi connectivity index (χ1v) is 4.73. The van der Waals surface area contributed by atoms with E-state index in [0.717, 1.165) is 11.3 Å². The predicted molar refractivity (Wildman–Crippen MR) is 61.6 cm³/mol. The fourth-order valence-corrected chi connectivity index (χ4v) is 1.27. The molecule has 1 aromatic carbocycles. The number of benzene rings is 1. The number of anilines is 1. The number of hydrogen-bond donors (Lipinski definition) is 1. The second kappa shape index (κ2) is 4.91. The van der Waals surface area contributed by atoms with Gasteiger partial charge >= 0.3 is 0 Å². The molecule has 0 spiro atoms. The Hall–Kier alpha value is -1.16. The maximum Gasteiger partial charge on any atom is 0.107 e. The van der Waals surface area contributed by atoms with E-state index in [9.17, 15) is 4.39 Å². The second-order valence-corrected chi connectivity index (χ2v) is 3.46. The van der Waals surface area contributed by atoms with Gasteiger partial charge < -0.3 is 10.6 Å². The summed E-state index contributed by atoms with van der Waals surface area (Å²) >= 11 is 4.83. The summed E-state index contributed by atoms with van der Waals surface area (Å²) in [6, 6.07) is 7.44. The van der Waals surface area contributed by atoms with Crippen molar-refractivity contribution in [1.82, 2.24) is 0 Å². The van der Waals surface area contributed by atoms with Crippen LogP contribution in [0, 0.1) is 0 Å². The minimum atomic E-state index is -0.354. The summed E-state index contributed by atoms with van der Waals surface area (Å²) < 4.78 is 12.1. The molecule has 0 bridgehead atoms. The van der Waals surface area contributed by atoms with Crippen LogP contribution >= 0.6 is 12.2 Å². The van der Waals surface area contributed by atoms with Gasteiger partial charge in [-0.25, -0.2) is 4.39 Å². The Morgan fingerprint density at radius 2 is 2.00 bits per heavy atom. The summed E-state index contributed by atoms with van der Waals surface area (Å²) in [7, 11) is 1.84. The van der Waals surface area contributed by atoms with Crippen molar-refractivity contribution >= 4 is 22.9 Å². The fraction of sp³-hybridized carbons (Fsp3) is 0.300. The number of nitrogens with zero attached hydrogens (tertiary/aromatic N) is 1. The topological polar surface area (TPSA) is 29.3 Å². The van der Waals surface area contributed by atoms with E-state index in [1.54, 1.807) is 0 Å². The van der Waals surface area contributed by atoms with E-state index >= 15 is 0 Å². The van der Waals surface area contributed by atoms with Crippen LogP contribution in [0.25, 0.3) is 0 Å². The van der Waals surface area contributed by atoms with E-state index in [1.807, 2.05) is 36.2 Å². The van der Waals surface area contributed by atoms with Crippen molar-refractivity contribution in [2.24, 2.45) is 5.73 Å². The Bertz CT molecular complexity index is 310. The smallest absolute Gasteiger partial charge is 0.107 e. The van der Waals surface area contributed by atoms with Crippen molar-refractivity contribution in [3.8, 4) is 0 Å². The average Bonchev–Trinajstić information content (AvgIpc) is 2.18. The fourth-order valence-electron chi connectivity index (χ4n) is 1.14. The van der Waals surface area contributed by atoms with E-state index < -0.39 is 0 Å². The minimum absolute atomic E-state index is 0.354. The number of halogens is 1. The van der Waals surface area contributed by atoms with Crippen molar-refractivity contribution < 1.29 is 4.39 Å². The zero-order chi connectivity index (χ0) is 10.6. The standard InChI is InChI=1S/C10H13FN2S/c1-13(7-6-11)9-4-2-8(3-5-9)10(12)14/h2-5H,6-7H2,1H3,(H2,12,14). The van der Waals surface area contributed by atoms with Gasteiger partial charge in [0.1, 0.15) is 11.7 Å². The number of thiocarbonyl (C=S) groups is 1. The molecule has 2 nitrogen and oxygen atoms in total. The van der Waals surface area contributed by atoms with Crippen LogP contribution in [0.5, 0.6) is 0 Å². The van der Waals surface area contributed by atoms with E-state index in [1.165, 1.54) is 0 Å². The lowest BCUT2D eigenvalue weighted by Crippen LogP contribution is -2.19. The molecular weight excluding hydrogens is 199 g/mol. The summed E-state index contributed by atoms with van der Waals surface area (Å²) in [5, 5.41) is 0. The maximum absolute atomic E-state index is 12.1. The van der Waals surface area contributed by atoms with Crippen molar-refractivity contribution in [2.75, 3.05) is 25.2 Å². The molecule has 2 N–H and O–H groups in total. The highest BCUT2D eigenvalue weighted by atomic mass is 32.1. The van der Waals surface area contributed by atoms with E-state index in [4.69, 9.17) is 18.0 Å². The third-order valence-corrected chi connectivity index (χ3v) is 2.25. The second-order valence-electron chi connectivity index (χ2n) is 3.02. The molecule has 1 rings (SSSR count). The Labute approximate surface area is 88.5 Å². The molecule has 0 heterocycles. The molecule has 0 amide bonds. The molecule has 0 aromatic heterocycles. The van der Waals surface area contributed by atoms with Gasteiger partial charge in [0.25, 0.3) is 0 Å². The van der Waals surface area contributed by atoms with Crippen molar-refractivity contribution in [2.45, 2.75) is 0 Å². The highest BCUT2D eigenvalue weighted by Gasteiger charge is 2.00. The monoisotopic (exact) mass is 212 g/mol. The van der Waals surface area contributed by atoms with Crippen LogP contribution in [0.4, 0.5) is 10.1 Å². The van der Waals surface area contributed by atoms with Crippen LogP contribution in [-0.2, 0) is 0 Å². The van der Waals surface area contributed by atoms with Crippen LogP contribution < -0.4 is 10.6 Å². The highest BCUT2D eigenvalue weighted by molar-refractivity contribution is 7.80. The molecule has 0 saturated heterocycles. The van der Waals surface area contributed by atoms with Crippen LogP contribution in [0.3, 0.4) is 0 Å². The van der Waals surface area contributed by atoms with Crippen molar-refractivity contribution in [3.05, 3.63) is 29.8 Å². The molecular formula is C10H13FN2S. The zero-order valence-corrected chi connectivity index (χ0v) is 8.85. The lowest BCUT2D eigenvalue weighted by Gasteiger charge is -2.17. The quantitative estimate of drug-likeness (QED) is 0.771. The molecule has 0 aliphatic heterocycles. The zero-order valence-electron chi connectivity index (χ0n) is 8.03. The van der Waals surface area contributed by atoms with Crippen LogP contribution in [-0.4, -0.2) is 25.3 Å². The Balaban J connectivity index is 2.77. The van der Waals surface area contributed by atoms with E-state index in [2.05, 4.69) is 0 Å². The lowest BCUT2D eigenvalue weighted by molar-refractivity contribution is 0.497. The maximum atomic E-state index is 12.1. The summed E-state index contributed by atoms with van der Waals surface area (Å²) in [6.45, 7) is 0.0416. The summed E-state index contributed by atoms with van der Waals surface area (Å²) in [4.78, 5) is 2.22.